The lowest BCUT2D eigenvalue weighted by Gasteiger charge is -2.33. The molecule has 0 aliphatic rings. The second kappa shape index (κ2) is 6.48. The number of carbonyl (C=O) groups excluding carboxylic acids is 2. The highest BCUT2D eigenvalue weighted by Gasteiger charge is 2.39. The first-order valence-electron chi connectivity index (χ1n) is 5.04. The van der Waals surface area contributed by atoms with Crippen LogP contribution in [0.25, 0.3) is 0 Å². The molecule has 0 aromatic heterocycles. The number of thiol groups is 2. The number of rotatable bonds is 6. The molecule has 0 aromatic rings. The number of nitrogens with two attached hydrogens (primary N) is 1. The van der Waals surface area contributed by atoms with Gasteiger partial charge in [0.05, 0.1) is 0 Å². The van der Waals surface area contributed by atoms with Gasteiger partial charge in [-0.1, -0.05) is 0 Å². The number of amides is 2. The molecular weight excluding hydrogens is 260 g/mol. The maximum absolute atomic E-state index is 12.0. The van der Waals surface area contributed by atoms with Crippen LogP contribution < -0.4 is 21.7 Å². The summed E-state index contributed by atoms with van der Waals surface area (Å²) >= 11 is 8.07. The molecular formula is C9H20N4O2S2. The Morgan fingerprint density at radius 1 is 1.18 bits per heavy atom. The van der Waals surface area contributed by atoms with Crippen LogP contribution in [-0.2, 0) is 9.59 Å². The summed E-state index contributed by atoms with van der Waals surface area (Å²) in [5.74, 6) is -0.648. The van der Waals surface area contributed by atoms with Crippen molar-refractivity contribution in [1.82, 2.24) is 16.0 Å². The van der Waals surface area contributed by atoms with E-state index < -0.39 is 23.0 Å². The second-order valence-corrected chi connectivity index (χ2v) is 4.54. The van der Waals surface area contributed by atoms with Crippen molar-refractivity contribution in [3.8, 4) is 0 Å². The second-order valence-electron chi connectivity index (χ2n) is 3.90. The molecule has 100 valence electrons. The molecule has 5 N–H and O–H groups in total. The van der Waals surface area contributed by atoms with Crippen LogP contribution in [-0.4, -0.2) is 48.6 Å². The largest absolute Gasteiger partial charge is 0.356 e. The van der Waals surface area contributed by atoms with Crippen LogP contribution in [0.15, 0.2) is 0 Å². The van der Waals surface area contributed by atoms with Gasteiger partial charge in [0.15, 0.2) is 5.66 Å². The molecule has 2 amide bonds. The van der Waals surface area contributed by atoms with Gasteiger partial charge in [0.25, 0.3) is 5.91 Å². The summed E-state index contributed by atoms with van der Waals surface area (Å²) in [6.07, 6.45) is 0. The summed E-state index contributed by atoms with van der Waals surface area (Å²) in [7, 11) is 3.07. The van der Waals surface area contributed by atoms with Crippen LogP contribution in [0.2, 0.25) is 0 Å². The number of carbonyl (C=O) groups is 2. The zero-order valence-corrected chi connectivity index (χ0v) is 12.0. The number of likely N-dealkylation sites (N-methyl/N-ethyl adjacent to an activating group) is 2. The summed E-state index contributed by atoms with van der Waals surface area (Å²) in [4.78, 5) is 23.6. The highest BCUT2D eigenvalue weighted by atomic mass is 32.1. The average molecular weight is 280 g/mol. The first-order valence-corrected chi connectivity index (χ1v) is 6.30. The predicted molar refractivity (Wildman–Crippen MR) is 74.3 cm³/mol. The Balaban J connectivity index is 4.92. The molecule has 0 aromatic carbocycles. The molecule has 0 heterocycles. The lowest BCUT2D eigenvalue weighted by atomic mass is 10.0. The van der Waals surface area contributed by atoms with Crippen molar-refractivity contribution in [2.24, 2.45) is 5.73 Å². The molecule has 0 aliphatic heterocycles. The van der Waals surface area contributed by atoms with Crippen LogP contribution in [0.3, 0.4) is 0 Å². The first kappa shape index (κ1) is 16.6. The Morgan fingerprint density at radius 3 is 2.00 bits per heavy atom. The molecule has 0 saturated carbocycles. The van der Waals surface area contributed by atoms with Gasteiger partial charge in [-0.2, -0.15) is 25.3 Å². The molecule has 0 spiro atoms. The van der Waals surface area contributed by atoms with E-state index in [2.05, 4.69) is 41.2 Å². The van der Waals surface area contributed by atoms with Gasteiger partial charge in [0.2, 0.25) is 5.91 Å². The minimum atomic E-state index is -1.53. The van der Waals surface area contributed by atoms with E-state index in [0.29, 0.717) is 0 Å². The van der Waals surface area contributed by atoms with Crippen LogP contribution in [0.5, 0.6) is 0 Å². The third-order valence-electron chi connectivity index (χ3n) is 2.59. The van der Waals surface area contributed by atoms with E-state index in [0.717, 1.165) is 0 Å². The van der Waals surface area contributed by atoms with Crippen molar-refractivity contribution in [2.75, 3.05) is 25.6 Å². The van der Waals surface area contributed by atoms with E-state index in [1.54, 1.807) is 14.0 Å². The number of hydrogen-bond acceptors (Lipinski definition) is 6. The molecule has 0 saturated heterocycles. The minimum absolute atomic E-state index is 0.00915. The van der Waals surface area contributed by atoms with Crippen molar-refractivity contribution >= 4 is 37.1 Å². The Hall–Kier alpha value is -0.440. The molecule has 0 radical (unpaired) electrons. The van der Waals surface area contributed by atoms with Gasteiger partial charge in [-0.05, 0) is 14.0 Å². The predicted octanol–water partition coefficient (Wildman–Crippen LogP) is -1.66. The Morgan fingerprint density at radius 2 is 1.71 bits per heavy atom. The Bertz CT molecular complexity index is 297. The normalized spacial score (nSPS) is 17.8. The van der Waals surface area contributed by atoms with Crippen molar-refractivity contribution in [3.05, 3.63) is 0 Å². The zero-order valence-electron chi connectivity index (χ0n) is 10.2. The van der Waals surface area contributed by atoms with Gasteiger partial charge in [-0.15, -0.1) is 0 Å². The van der Waals surface area contributed by atoms with Crippen LogP contribution >= 0.6 is 25.3 Å². The maximum Gasteiger partial charge on any atom is 0.261 e. The summed E-state index contributed by atoms with van der Waals surface area (Å²) in [5.41, 5.74) is 3.36. The van der Waals surface area contributed by atoms with E-state index in [-0.39, 0.29) is 11.5 Å². The molecule has 17 heavy (non-hydrogen) atoms. The highest BCUT2D eigenvalue weighted by Crippen LogP contribution is 2.08. The smallest absolute Gasteiger partial charge is 0.261 e. The van der Waals surface area contributed by atoms with Crippen LogP contribution in [0.4, 0.5) is 0 Å². The van der Waals surface area contributed by atoms with Crippen molar-refractivity contribution in [3.63, 3.8) is 0 Å². The molecule has 1 unspecified atom stereocenters. The highest BCUT2D eigenvalue weighted by molar-refractivity contribution is 7.80. The average Bonchev–Trinajstić information content (AvgIpc) is 2.36. The summed E-state index contributed by atoms with van der Waals surface area (Å²) in [6.45, 7) is 1.66. The first-order chi connectivity index (χ1) is 7.79. The monoisotopic (exact) mass is 280 g/mol. The minimum Gasteiger partial charge on any atom is -0.356 e. The van der Waals surface area contributed by atoms with E-state index in [4.69, 9.17) is 5.73 Å². The molecule has 0 bridgehead atoms. The lowest BCUT2D eigenvalue weighted by Crippen LogP contribution is -2.70. The van der Waals surface area contributed by atoms with E-state index in [1.807, 2.05) is 0 Å². The zero-order chi connectivity index (χ0) is 13.7. The van der Waals surface area contributed by atoms with Crippen LogP contribution in [0.1, 0.15) is 6.92 Å². The third-order valence-corrected chi connectivity index (χ3v) is 3.72. The van der Waals surface area contributed by atoms with E-state index >= 15 is 0 Å². The Labute approximate surface area is 112 Å². The number of hydrogen-bond donors (Lipinski definition) is 6. The molecule has 6 nitrogen and oxygen atoms in total. The molecule has 8 heteroatoms. The van der Waals surface area contributed by atoms with Gasteiger partial charge < -0.3 is 21.7 Å². The van der Waals surface area contributed by atoms with Gasteiger partial charge in [-0.25, -0.2) is 0 Å². The molecule has 0 aliphatic carbocycles. The Kier molecular flexibility index (Phi) is 6.31. The third kappa shape index (κ3) is 3.77. The fourth-order valence-electron chi connectivity index (χ4n) is 0.996. The quantitative estimate of drug-likeness (QED) is 0.259. The van der Waals surface area contributed by atoms with Crippen LogP contribution in [0, 0.1) is 0 Å². The maximum atomic E-state index is 12.0. The summed E-state index contributed by atoms with van der Waals surface area (Å²) in [6, 6.07) is 0. The van der Waals surface area contributed by atoms with Gasteiger partial charge in [0.1, 0.15) is 5.54 Å². The fraction of sp³-hybridized carbons (Fsp3) is 0.778. The SMILES string of the molecule is CNC(=O)C(N)(CS)NC(=O)[C@@](C)(CS)NC. The van der Waals surface area contributed by atoms with Gasteiger partial charge in [0, 0.05) is 18.6 Å². The van der Waals surface area contributed by atoms with Crippen molar-refractivity contribution in [1.29, 1.82) is 0 Å². The van der Waals surface area contributed by atoms with Gasteiger partial charge >= 0.3 is 0 Å². The number of nitrogens with one attached hydrogen (secondary N) is 3. The fourth-order valence-corrected chi connectivity index (χ4v) is 1.52. The molecule has 0 rings (SSSR count). The van der Waals surface area contributed by atoms with E-state index in [1.165, 1.54) is 7.05 Å². The lowest BCUT2D eigenvalue weighted by molar-refractivity contribution is -0.134. The topological polar surface area (TPSA) is 96.2 Å². The summed E-state index contributed by atoms with van der Waals surface area (Å²) in [5, 5.41) is 7.69. The molecule has 2 atom stereocenters. The van der Waals surface area contributed by atoms with Gasteiger partial charge in [-0.3, -0.25) is 9.59 Å². The molecule has 0 fully saturated rings. The van der Waals surface area contributed by atoms with Crippen molar-refractivity contribution < 1.29 is 9.59 Å². The van der Waals surface area contributed by atoms with Crippen molar-refractivity contribution in [2.45, 2.75) is 18.1 Å². The standard InChI is InChI=1S/C9H20N4O2S2/c1-8(4-16,12-3)6(14)13-9(10,5-17)7(15)11-2/h12,16-17H,4-5,10H2,1-3H3,(H,11,15)(H,13,14)/t8-,9?/m1/s1. The summed E-state index contributed by atoms with van der Waals surface area (Å²) < 4.78 is 0. The van der Waals surface area contributed by atoms with E-state index in [9.17, 15) is 9.59 Å².